The van der Waals surface area contributed by atoms with Gasteiger partial charge in [-0.15, -0.1) is 29.2 Å². The lowest BCUT2D eigenvalue weighted by Crippen LogP contribution is -2.28. The van der Waals surface area contributed by atoms with E-state index in [1.54, 1.807) is 11.8 Å². The van der Waals surface area contributed by atoms with Crippen molar-refractivity contribution in [3.8, 4) is 0 Å². The van der Waals surface area contributed by atoms with E-state index >= 15 is 0 Å². The van der Waals surface area contributed by atoms with Gasteiger partial charge in [0.25, 0.3) is 0 Å². The lowest BCUT2D eigenvalue weighted by molar-refractivity contribution is 0.389. The average Bonchev–Trinajstić information content (AvgIpc) is 3.21. The van der Waals surface area contributed by atoms with E-state index in [-0.39, 0.29) is 12.4 Å². The van der Waals surface area contributed by atoms with Gasteiger partial charge in [0.2, 0.25) is 0 Å². The number of hydrogen-bond donors (Lipinski definition) is 1. The van der Waals surface area contributed by atoms with Crippen LogP contribution in [-0.2, 0) is 18.7 Å². The largest absolute Gasteiger partial charge is 0.360 e. The standard InChI is InChI=1S/C16H23N5OS.ClH/c1-3-9-21-15(12-5-7-17-8-6-12)18-19-16(21)23-11-14-10-13(4-2)20-22-14;/h3,10,12,17H,1,4-9,11H2,2H3;1H. The molecule has 1 saturated heterocycles. The van der Waals surface area contributed by atoms with Gasteiger partial charge in [-0.3, -0.25) is 0 Å². The fraction of sp³-hybridized carbons (Fsp3) is 0.562. The van der Waals surface area contributed by atoms with E-state index in [2.05, 4.69) is 38.7 Å². The van der Waals surface area contributed by atoms with Gasteiger partial charge < -0.3 is 14.4 Å². The minimum Gasteiger partial charge on any atom is -0.360 e. The molecule has 0 atom stereocenters. The van der Waals surface area contributed by atoms with E-state index in [0.717, 1.165) is 61.3 Å². The van der Waals surface area contributed by atoms with E-state index in [1.165, 1.54) is 0 Å². The molecule has 0 amide bonds. The van der Waals surface area contributed by atoms with Gasteiger partial charge in [0.1, 0.15) is 11.6 Å². The van der Waals surface area contributed by atoms with Gasteiger partial charge in [-0.05, 0) is 32.4 Å². The van der Waals surface area contributed by atoms with Crippen molar-refractivity contribution < 1.29 is 4.52 Å². The maximum Gasteiger partial charge on any atom is 0.191 e. The Bertz CT molecular complexity index is 651. The number of aryl methyl sites for hydroxylation is 1. The Labute approximate surface area is 152 Å². The summed E-state index contributed by atoms with van der Waals surface area (Å²) in [7, 11) is 0. The maximum absolute atomic E-state index is 5.34. The Morgan fingerprint density at radius 2 is 2.21 bits per heavy atom. The second-order valence-electron chi connectivity index (χ2n) is 5.69. The minimum absolute atomic E-state index is 0. The van der Waals surface area contributed by atoms with Crippen molar-refractivity contribution in [2.75, 3.05) is 13.1 Å². The van der Waals surface area contributed by atoms with Crippen LogP contribution in [0.15, 0.2) is 28.4 Å². The molecule has 8 heteroatoms. The molecule has 0 saturated carbocycles. The number of halogens is 1. The fourth-order valence-electron chi connectivity index (χ4n) is 2.82. The molecule has 2 aromatic rings. The van der Waals surface area contributed by atoms with Crippen molar-refractivity contribution in [1.29, 1.82) is 0 Å². The van der Waals surface area contributed by atoms with Crippen LogP contribution in [-0.4, -0.2) is 33.0 Å². The van der Waals surface area contributed by atoms with Crippen LogP contribution in [0.3, 0.4) is 0 Å². The Morgan fingerprint density at radius 1 is 1.42 bits per heavy atom. The van der Waals surface area contributed by atoms with Crippen molar-refractivity contribution in [3.05, 3.63) is 36.0 Å². The van der Waals surface area contributed by atoms with Gasteiger partial charge in [0, 0.05) is 18.5 Å². The third-order valence-electron chi connectivity index (χ3n) is 4.07. The molecule has 3 heterocycles. The topological polar surface area (TPSA) is 68.8 Å². The van der Waals surface area contributed by atoms with Crippen molar-refractivity contribution in [1.82, 2.24) is 25.2 Å². The number of aromatic nitrogens is 4. The summed E-state index contributed by atoms with van der Waals surface area (Å²) >= 11 is 1.64. The van der Waals surface area contributed by atoms with Crippen LogP contribution in [0.2, 0.25) is 0 Å². The molecule has 1 fully saturated rings. The molecule has 24 heavy (non-hydrogen) atoms. The molecule has 3 rings (SSSR count). The lowest BCUT2D eigenvalue weighted by Gasteiger charge is -2.22. The summed E-state index contributed by atoms with van der Waals surface area (Å²) < 4.78 is 7.53. The van der Waals surface area contributed by atoms with E-state index < -0.39 is 0 Å². The summed E-state index contributed by atoms with van der Waals surface area (Å²) in [6.07, 6.45) is 5.02. The first-order chi connectivity index (χ1) is 11.3. The Kier molecular flexibility index (Phi) is 7.33. The van der Waals surface area contributed by atoms with E-state index in [9.17, 15) is 0 Å². The number of piperidine rings is 1. The Morgan fingerprint density at radius 3 is 2.88 bits per heavy atom. The number of hydrogen-bond acceptors (Lipinski definition) is 6. The molecule has 6 nitrogen and oxygen atoms in total. The molecular weight excluding hydrogens is 346 g/mol. The molecule has 1 aliphatic rings. The number of allylic oxidation sites excluding steroid dienone is 1. The minimum atomic E-state index is 0. The second kappa shape index (κ2) is 9.25. The van der Waals surface area contributed by atoms with Crippen LogP contribution < -0.4 is 5.32 Å². The number of thioether (sulfide) groups is 1. The zero-order chi connectivity index (χ0) is 16.1. The Balaban J connectivity index is 0.00000208. The fourth-order valence-corrected chi connectivity index (χ4v) is 3.65. The highest BCUT2D eigenvalue weighted by atomic mass is 35.5. The van der Waals surface area contributed by atoms with Crippen molar-refractivity contribution >= 4 is 24.2 Å². The summed E-state index contributed by atoms with van der Waals surface area (Å²) in [5.74, 6) is 3.16. The summed E-state index contributed by atoms with van der Waals surface area (Å²) in [5, 5.41) is 17.2. The van der Waals surface area contributed by atoms with Crippen LogP contribution in [0.25, 0.3) is 0 Å². The SMILES string of the molecule is C=CCn1c(SCc2cc(CC)no2)nnc1C1CCNCC1.Cl. The smallest absolute Gasteiger partial charge is 0.191 e. The predicted octanol–water partition coefficient (Wildman–Crippen LogP) is 3.20. The predicted molar refractivity (Wildman–Crippen MR) is 97.8 cm³/mol. The van der Waals surface area contributed by atoms with Crippen LogP contribution in [0.5, 0.6) is 0 Å². The molecule has 0 bridgehead atoms. The van der Waals surface area contributed by atoms with Crippen molar-refractivity contribution in [2.45, 2.75) is 49.6 Å². The molecule has 0 aliphatic carbocycles. The monoisotopic (exact) mass is 369 g/mol. The maximum atomic E-state index is 5.34. The van der Waals surface area contributed by atoms with Crippen LogP contribution in [0, 0.1) is 0 Å². The van der Waals surface area contributed by atoms with Gasteiger partial charge in [0.15, 0.2) is 5.16 Å². The molecular formula is C16H24ClN5OS. The van der Waals surface area contributed by atoms with E-state index in [4.69, 9.17) is 4.52 Å². The summed E-state index contributed by atoms with van der Waals surface area (Å²) in [4.78, 5) is 0. The Hall–Kier alpha value is -1.31. The van der Waals surface area contributed by atoms with Crippen molar-refractivity contribution in [2.24, 2.45) is 0 Å². The number of rotatable bonds is 7. The highest BCUT2D eigenvalue weighted by molar-refractivity contribution is 7.98. The van der Waals surface area contributed by atoms with E-state index in [1.807, 2.05) is 12.1 Å². The van der Waals surface area contributed by atoms with Gasteiger partial charge in [-0.2, -0.15) is 0 Å². The van der Waals surface area contributed by atoms with Gasteiger partial charge >= 0.3 is 0 Å². The number of nitrogens with zero attached hydrogens (tertiary/aromatic N) is 4. The average molecular weight is 370 g/mol. The van der Waals surface area contributed by atoms with Crippen LogP contribution in [0.4, 0.5) is 0 Å². The third-order valence-corrected chi connectivity index (χ3v) is 5.06. The molecule has 1 aliphatic heterocycles. The molecule has 1 N–H and O–H groups in total. The third kappa shape index (κ3) is 4.40. The molecule has 0 aromatic carbocycles. The summed E-state index contributed by atoms with van der Waals surface area (Å²) in [6, 6.07) is 2.01. The van der Waals surface area contributed by atoms with Gasteiger partial charge in [0.05, 0.1) is 11.4 Å². The zero-order valence-electron chi connectivity index (χ0n) is 13.9. The first kappa shape index (κ1) is 19.0. The normalized spacial score (nSPS) is 15.2. The van der Waals surface area contributed by atoms with Crippen molar-refractivity contribution in [3.63, 3.8) is 0 Å². The zero-order valence-corrected chi connectivity index (χ0v) is 15.5. The highest BCUT2D eigenvalue weighted by Crippen LogP contribution is 2.29. The lowest BCUT2D eigenvalue weighted by atomic mass is 9.97. The van der Waals surface area contributed by atoms with Gasteiger partial charge in [-0.25, -0.2) is 0 Å². The van der Waals surface area contributed by atoms with Gasteiger partial charge in [-0.1, -0.05) is 29.9 Å². The molecule has 0 radical (unpaired) electrons. The van der Waals surface area contributed by atoms with E-state index in [0.29, 0.717) is 11.7 Å². The first-order valence-electron chi connectivity index (χ1n) is 8.13. The van der Waals surface area contributed by atoms with Crippen LogP contribution in [0.1, 0.15) is 43.0 Å². The molecule has 132 valence electrons. The second-order valence-corrected chi connectivity index (χ2v) is 6.63. The van der Waals surface area contributed by atoms with Crippen LogP contribution >= 0.6 is 24.2 Å². The quantitative estimate of drug-likeness (QED) is 0.597. The molecule has 0 unspecified atom stereocenters. The molecule has 2 aromatic heterocycles. The first-order valence-corrected chi connectivity index (χ1v) is 9.12. The summed E-state index contributed by atoms with van der Waals surface area (Å²) in [5.41, 5.74) is 0.989. The number of nitrogens with one attached hydrogen (secondary N) is 1. The summed E-state index contributed by atoms with van der Waals surface area (Å²) in [6.45, 7) is 8.78. The highest BCUT2D eigenvalue weighted by Gasteiger charge is 2.23. The molecule has 0 spiro atoms.